The number of rotatable bonds is 7. The molecule has 35 heavy (non-hydrogen) atoms. The first-order valence-electron chi connectivity index (χ1n) is 10.9. The Bertz CT molecular complexity index is 1470. The highest BCUT2D eigenvalue weighted by Crippen LogP contribution is 2.39. The van der Waals surface area contributed by atoms with E-state index in [0.717, 1.165) is 16.3 Å². The second-order valence-electron chi connectivity index (χ2n) is 8.57. The van der Waals surface area contributed by atoms with E-state index < -0.39 is 13.0 Å². The van der Waals surface area contributed by atoms with E-state index in [1.165, 1.54) is 6.07 Å². The second-order valence-corrected chi connectivity index (χ2v) is 12.2. The maximum absolute atomic E-state index is 15.0. The summed E-state index contributed by atoms with van der Waals surface area (Å²) in [5.74, 6) is 1.44. The Morgan fingerprint density at radius 3 is 2.46 bits per heavy atom. The zero-order chi connectivity index (χ0) is 25.3. The molecule has 4 aromatic rings. The summed E-state index contributed by atoms with van der Waals surface area (Å²) in [6.07, 6.45) is 0. The molecular formula is C26H26ClFN3O3P. The van der Waals surface area contributed by atoms with Crippen molar-refractivity contribution in [3.63, 3.8) is 0 Å². The summed E-state index contributed by atoms with van der Waals surface area (Å²) in [5, 5.41) is 14.1. The summed E-state index contributed by atoms with van der Waals surface area (Å²) < 4.78 is 38.3. The van der Waals surface area contributed by atoms with E-state index in [1.54, 1.807) is 39.7 Å². The number of aryl methyl sites for hydroxylation is 1. The van der Waals surface area contributed by atoms with Crippen LogP contribution in [0.3, 0.4) is 0 Å². The molecule has 0 aliphatic heterocycles. The molecule has 0 saturated carbocycles. The predicted molar refractivity (Wildman–Crippen MR) is 141 cm³/mol. The standard InChI is InChI=1S/C26H26ClFN3O3P/c1-15-21-10-16(22-12-19(35(4,5)32)13-23(27)25(22)28)7-9-20(21)26(31-30-15)29-14-17-6-8-18(33-2)11-24(17)34-3/h6-13H,14H2,1-5H3,(H,29,31). The molecule has 4 rings (SSSR count). The minimum Gasteiger partial charge on any atom is -0.497 e. The highest BCUT2D eigenvalue weighted by molar-refractivity contribution is 7.70. The lowest BCUT2D eigenvalue weighted by Gasteiger charge is -2.15. The number of hydrogen-bond acceptors (Lipinski definition) is 6. The van der Waals surface area contributed by atoms with Crippen LogP contribution >= 0.6 is 18.7 Å². The summed E-state index contributed by atoms with van der Waals surface area (Å²) in [5.41, 5.74) is 2.55. The van der Waals surface area contributed by atoms with Gasteiger partial charge in [-0.15, -0.1) is 5.10 Å². The van der Waals surface area contributed by atoms with Crippen LogP contribution in [0.2, 0.25) is 5.02 Å². The quantitative estimate of drug-likeness (QED) is 0.293. The van der Waals surface area contributed by atoms with E-state index >= 15 is 0 Å². The Hall–Kier alpha value is -3.15. The number of anilines is 1. The third-order valence-electron chi connectivity index (χ3n) is 5.85. The Balaban J connectivity index is 1.73. The Kier molecular flexibility index (Phi) is 7.02. The molecule has 0 radical (unpaired) electrons. The first kappa shape index (κ1) is 25.0. The van der Waals surface area contributed by atoms with E-state index in [2.05, 4.69) is 15.5 Å². The molecule has 0 fully saturated rings. The lowest BCUT2D eigenvalue weighted by molar-refractivity contribution is 0.391. The van der Waals surface area contributed by atoms with Gasteiger partial charge >= 0.3 is 0 Å². The van der Waals surface area contributed by atoms with Gasteiger partial charge in [0.05, 0.1) is 24.9 Å². The number of hydrogen-bond donors (Lipinski definition) is 1. The highest BCUT2D eigenvalue weighted by atomic mass is 35.5. The normalized spacial score (nSPS) is 11.5. The van der Waals surface area contributed by atoms with Crippen LogP contribution in [0.4, 0.5) is 10.2 Å². The lowest BCUT2D eigenvalue weighted by Crippen LogP contribution is -2.06. The van der Waals surface area contributed by atoms with E-state index in [0.29, 0.717) is 46.0 Å². The molecule has 0 aliphatic carbocycles. The van der Waals surface area contributed by atoms with Crippen molar-refractivity contribution < 1.29 is 18.4 Å². The van der Waals surface area contributed by atoms with Crippen molar-refractivity contribution in [3.8, 4) is 22.6 Å². The third kappa shape index (κ3) is 5.12. The molecule has 6 nitrogen and oxygen atoms in total. The van der Waals surface area contributed by atoms with Gasteiger partial charge in [-0.05, 0) is 62.2 Å². The fraction of sp³-hybridized carbons (Fsp3) is 0.231. The van der Waals surface area contributed by atoms with Crippen molar-refractivity contribution in [3.05, 3.63) is 70.6 Å². The summed E-state index contributed by atoms with van der Waals surface area (Å²) in [4.78, 5) is 0. The van der Waals surface area contributed by atoms with Crippen molar-refractivity contribution in [2.24, 2.45) is 0 Å². The van der Waals surface area contributed by atoms with Crippen molar-refractivity contribution in [2.75, 3.05) is 32.9 Å². The molecular weight excluding hydrogens is 488 g/mol. The molecule has 0 aliphatic rings. The van der Waals surface area contributed by atoms with Crippen molar-refractivity contribution >= 4 is 40.6 Å². The Labute approximate surface area is 208 Å². The molecule has 0 unspecified atom stereocenters. The van der Waals surface area contributed by atoms with Gasteiger partial charge in [0.2, 0.25) is 0 Å². The Morgan fingerprint density at radius 1 is 1.00 bits per heavy atom. The topological polar surface area (TPSA) is 73.3 Å². The average molecular weight is 514 g/mol. The first-order chi connectivity index (χ1) is 16.6. The number of halogens is 2. The smallest absolute Gasteiger partial charge is 0.156 e. The molecule has 182 valence electrons. The summed E-state index contributed by atoms with van der Waals surface area (Å²) in [6.45, 7) is 5.57. The van der Waals surface area contributed by atoms with Crippen LogP contribution in [-0.2, 0) is 11.1 Å². The molecule has 0 saturated heterocycles. The van der Waals surface area contributed by atoms with Gasteiger partial charge in [0.1, 0.15) is 24.5 Å². The molecule has 0 atom stereocenters. The molecule has 1 N–H and O–H groups in total. The van der Waals surface area contributed by atoms with Crippen molar-refractivity contribution in [2.45, 2.75) is 13.5 Å². The van der Waals surface area contributed by atoms with E-state index in [-0.39, 0.29) is 5.02 Å². The monoisotopic (exact) mass is 513 g/mol. The zero-order valence-corrected chi connectivity index (χ0v) is 21.8. The average Bonchev–Trinajstić information content (AvgIpc) is 2.84. The Morgan fingerprint density at radius 2 is 1.77 bits per heavy atom. The predicted octanol–water partition coefficient (Wildman–Crippen LogP) is 6.28. The first-order valence-corrected chi connectivity index (χ1v) is 13.9. The lowest BCUT2D eigenvalue weighted by atomic mass is 10.0. The van der Waals surface area contributed by atoms with Gasteiger partial charge < -0.3 is 19.4 Å². The molecule has 9 heteroatoms. The van der Waals surface area contributed by atoms with Crippen LogP contribution in [0.1, 0.15) is 11.3 Å². The van der Waals surface area contributed by atoms with Crippen LogP contribution in [0, 0.1) is 12.7 Å². The number of ether oxygens (including phenoxy) is 2. The molecule has 3 aromatic carbocycles. The van der Waals surface area contributed by atoms with Crippen LogP contribution in [-0.4, -0.2) is 37.7 Å². The van der Waals surface area contributed by atoms with Crippen LogP contribution in [0.25, 0.3) is 21.9 Å². The van der Waals surface area contributed by atoms with Gasteiger partial charge in [-0.2, -0.15) is 5.10 Å². The molecule has 1 aromatic heterocycles. The van der Waals surface area contributed by atoms with Gasteiger partial charge in [0.15, 0.2) is 5.82 Å². The van der Waals surface area contributed by atoms with Crippen molar-refractivity contribution in [1.29, 1.82) is 0 Å². The maximum atomic E-state index is 15.0. The third-order valence-corrected chi connectivity index (χ3v) is 7.63. The van der Waals surface area contributed by atoms with Crippen molar-refractivity contribution in [1.82, 2.24) is 10.2 Å². The van der Waals surface area contributed by atoms with Gasteiger partial charge in [-0.25, -0.2) is 4.39 Å². The highest BCUT2D eigenvalue weighted by Gasteiger charge is 2.19. The van der Waals surface area contributed by atoms with E-state index in [4.69, 9.17) is 21.1 Å². The number of nitrogens with zero attached hydrogens (tertiary/aromatic N) is 2. The molecule has 1 heterocycles. The maximum Gasteiger partial charge on any atom is 0.156 e. The number of fused-ring (bicyclic) bond motifs is 1. The second kappa shape index (κ2) is 9.84. The molecule has 0 bridgehead atoms. The SMILES string of the molecule is COc1ccc(CNc2nnc(C)c3cc(-c4cc(P(C)(C)=O)cc(Cl)c4F)ccc23)c(OC)c1. The van der Waals surface area contributed by atoms with Gasteiger partial charge in [-0.1, -0.05) is 17.7 Å². The van der Waals surface area contributed by atoms with Crippen LogP contribution in [0.5, 0.6) is 11.5 Å². The number of benzene rings is 3. The number of nitrogens with one attached hydrogen (secondary N) is 1. The molecule has 0 amide bonds. The summed E-state index contributed by atoms with van der Waals surface area (Å²) in [6, 6.07) is 14.2. The van der Waals surface area contributed by atoms with Gasteiger partial charge in [0.25, 0.3) is 0 Å². The van der Waals surface area contributed by atoms with Crippen LogP contribution in [0.15, 0.2) is 48.5 Å². The van der Waals surface area contributed by atoms with E-state index in [9.17, 15) is 8.96 Å². The minimum absolute atomic E-state index is 0.0538. The zero-order valence-electron chi connectivity index (χ0n) is 20.1. The molecule has 0 spiro atoms. The fourth-order valence-electron chi connectivity index (χ4n) is 3.85. The number of aromatic nitrogens is 2. The van der Waals surface area contributed by atoms with Gasteiger partial charge in [0, 0.05) is 39.8 Å². The fourth-order valence-corrected chi connectivity index (χ4v) is 5.03. The van der Waals surface area contributed by atoms with Crippen LogP contribution < -0.4 is 20.1 Å². The minimum atomic E-state index is -2.63. The van der Waals surface area contributed by atoms with Gasteiger partial charge in [-0.3, -0.25) is 0 Å². The summed E-state index contributed by atoms with van der Waals surface area (Å²) in [7, 11) is 0.584. The summed E-state index contributed by atoms with van der Waals surface area (Å²) >= 11 is 6.15. The van der Waals surface area contributed by atoms with E-state index in [1.807, 2.05) is 37.3 Å². The number of methoxy groups -OCH3 is 2. The largest absolute Gasteiger partial charge is 0.497 e.